The molecular weight excluding hydrogens is 248 g/mol. The maximum Gasteiger partial charge on any atom is 0.157 e. The first-order valence-electron chi connectivity index (χ1n) is 6.58. The van der Waals surface area contributed by atoms with Crippen LogP contribution in [0.15, 0.2) is 12.1 Å². The largest absolute Gasteiger partial charge is 0.315 e. The molecule has 0 unspecified atom stereocenters. The van der Waals surface area contributed by atoms with Crippen LogP contribution >= 0.6 is 11.6 Å². The molecule has 2 aromatic heterocycles. The summed E-state index contributed by atoms with van der Waals surface area (Å²) in [6.07, 6.45) is 3.89. The normalized spacial score (nSPS) is 20.9. The van der Waals surface area contributed by atoms with Crippen LogP contribution in [0.1, 0.15) is 42.5 Å². The van der Waals surface area contributed by atoms with Gasteiger partial charge in [-0.2, -0.15) is 0 Å². The van der Waals surface area contributed by atoms with Crippen molar-refractivity contribution >= 4 is 17.2 Å². The summed E-state index contributed by atoms with van der Waals surface area (Å²) in [6, 6.07) is 4.20. The summed E-state index contributed by atoms with van der Waals surface area (Å²) in [5.41, 5.74) is 2.22. The number of hydrogen-bond acceptors (Lipinski definition) is 3. The lowest BCUT2D eigenvalue weighted by Crippen LogP contribution is -2.40. The topological polar surface area (TPSA) is 42.2 Å². The van der Waals surface area contributed by atoms with E-state index in [9.17, 15) is 0 Å². The second kappa shape index (κ2) is 3.93. The van der Waals surface area contributed by atoms with E-state index in [1.54, 1.807) is 4.52 Å². The molecule has 1 aliphatic heterocycles. The van der Waals surface area contributed by atoms with Crippen LogP contribution in [0.2, 0.25) is 5.15 Å². The van der Waals surface area contributed by atoms with Gasteiger partial charge < -0.3 is 5.32 Å². The molecule has 0 atom stereocenters. The SMILES string of the molecule is Clc1cc(C2CCC2)cc2nc(C3CNC3)nn12. The lowest BCUT2D eigenvalue weighted by atomic mass is 9.80. The minimum Gasteiger partial charge on any atom is -0.315 e. The molecule has 18 heavy (non-hydrogen) atoms. The van der Waals surface area contributed by atoms with Crippen LogP contribution in [-0.2, 0) is 0 Å². The maximum absolute atomic E-state index is 6.31. The van der Waals surface area contributed by atoms with Gasteiger partial charge in [-0.15, -0.1) is 5.10 Å². The smallest absolute Gasteiger partial charge is 0.157 e. The molecular formula is C13H15ClN4. The van der Waals surface area contributed by atoms with Crippen LogP contribution in [-0.4, -0.2) is 27.7 Å². The van der Waals surface area contributed by atoms with Crippen LogP contribution in [0.4, 0.5) is 0 Å². The Kier molecular flexibility index (Phi) is 2.35. The maximum atomic E-state index is 6.31. The van der Waals surface area contributed by atoms with Gasteiger partial charge in [0.05, 0.1) is 0 Å². The van der Waals surface area contributed by atoms with Gasteiger partial charge in [0, 0.05) is 19.0 Å². The van der Waals surface area contributed by atoms with E-state index in [1.165, 1.54) is 24.8 Å². The number of hydrogen-bond donors (Lipinski definition) is 1. The molecule has 5 heteroatoms. The molecule has 0 aromatic carbocycles. The second-order valence-electron chi connectivity index (χ2n) is 5.33. The summed E-state index contributed by atoms with van der Waals surface area (Å²) in [5, 5.41) is 8.44. The van der Waals surface area contributed by atoms with E-state index < -0.39 is 0 Å². The first kappa shape index (κ1) is 10.8. The minimum atomic E-state index is 0.452. The van der Waals surface area contributed by atoms with Crippen molar-refractivity contribution in [1.82, 2.24) is 19.9 Å². The second-order valence-corrected chi connectivity index (χ2v) is 5.72. The van der Waals surface area contributed by atoms with E-state index in [2.05, 4.69) is 27.5 Å². The van der Waals surface area contributed by atoms with E-state index in [0.29, 0.717) is 17.0 Å². The Hall–Kier alpha value is -1.13. The lowest BCUT2D eigenvalue weighted by Gasteiger charge is -2.25. The Bertz CT molecular complexity index is 598. The highest BCUT2D eigenvalue weighted by molar-refractivity contribution is 6.29. The highest BCUT2D eigenvalue weighted by atomic mass is 35.5. The quantitative estimate of drug-likeness (QED) is 0.845. The molecule has 4 rings (SSSR count). The Morgan fingerprint density at radius 2 is 2.06 bits per heavy atom. The van der Waals surface area contributed by atoms with Gasteiger partial charge in [0.25, 0.3) is 0 Å². The molecule has 0 amide bonds. The van der Waals surface area contributed by atoms with Crippen molar-refractivity contribution in [3.63, 3.8) is 0 Å². The Balaban J connectivity index is 1.79. The molecule has 0 radical (unpaired) electrons. The molecule has 1 N–H and O–H groups in total. The summed E-state index contributed by atoms with van der Waals surface area (Å²) >= 11 is 6.31. The zero-order chi connectivity index (χ0) is 12.1. The summed E-state index contributed by atoms with van der Waals surface area (Å²) in [7, 11) is 0. The zero-order valence-electron chi connectivity index (χ0n) is 10.1. The molecule has 3 heterocycles. The van der Waals surface area contributed by atoms with Gasteiger partial charge >= 0.3 is 0 Å². The third kappa shape index (κ3) is 1.56. The van der Waals surface area contributed by atoms with Crippen LogP contribution in [0, 0.1) is 0 Å². The van der Waals surface area contributed by atoms with Gasteiger partial charge in [0.15, 0.2) is 11.5 Å². The highest BCUT2D eigenvalue weighted by Gasteiger charge is 2.25. The highest BCUT2D eigenvalue weighted by Crippen LogP contribution is 2.37. The molecule has 1 saturated heterocycles. The van der Waals surface area contributed by atoms with E-state index >= 15 is 0 Å². The lowest BCUT2D eigenvalue weighted by molar-refractivity contribution is 0.419. The summed E-state index contributed by atoms with van der Waals surface area (Å²) in [5.74, 6) is 2.05. The third-order valence-electron chi connectivity index (χ3n) is 4.16. The minimum absolute atomic E-state index is 0.452. The number of aromatic nitrogens is 3. The first-order chi connectivity index (χ1) is 8.81. The van der Waals surface area contributed by atoms with Gasteiger partial charge in [-0.3, -0.25) is 0 Å². The predicted molar refractivity (Wildman–Crippen MR) is 70.2 cm³/mol. The zero-order valence-corrected chi connectivity index (χ0v) is 10.8. The number of pyridine rings is 1. The Morgan fingerprint density at radius 1 is 1.22 bits per heavy atom. The summed E-state index contributed by atoms with van der Waals surface area (Å²) in [6.45, 7) is 1.95. The molecule has 2 aromatic rings. The van der Waals surface area contributed by atoms with Gasteiger partial charge in [-0.1, -0.05) is 18.0 Å². The van der Waals surface area contributed by atoms with Crippen LogP contribution < -0.4 is 5.32 Å². The van der Waals surface area contributed by atoms with Crippen LogP contribution in [0.25, 0.3) is 5.65 Å². The van der Waals surface area contributed by atoms with Gasteiger partial charge in [-0.05, 0) is 36.5 Å². The number of rotatable bonds is 2. The Labute approximate surface area is 110 Å². The van der Waals surface area contributed by atoms with E-state index in [0.717, 1.165) is 24.6 Å². The van der Waals surface area contributed by atoms with Gasteiger partial charge in [0.1, 0.15) is 5.15 Å². The fourth-order valence-corrected chi connectivity index (χ4v) is 2.85. The average molecular weight is 263 g/mol. The van der Waals surface area contributed by atoms with Crippen molar-refractivity contribution in [2.45, 2.75) is 31.1 Å². The van der Waals surface area contributed by atoms with Crippen molar-refractivity contribution in [2.24, 2.45) is 0 Å². The van der Waals surface area contributed by atoms with E-state index in [-0.39, 0.29) is 0 Å². The number of halogens is 1. The fraction of sp³-hybridized carbons (Fsp3) is 0.538. The average Bonchev–Trinajstić information content (AvgIpc) is 2.56. The monoisotopic (exact) mass is 262 g/mol. The van der Waals surface area contributed by atoms with Crippen LogP contribution in [0.5, 0.6) is 0 Å². The first-order valence-corrected chi connectivity index (χ1v) is 6.96. The molecule has 0 bridgehead atoms. The number of nitrogens with zero attached hydrogens (tertiary/aromatic N) is 3. The number of nitrogens with one attached hydrogen (secondary N) is 1. The van der Waals surface area contributed by atoms with E-state index in [1.807, 2.05) is 0 Å². The fourth-order valence-electron chi connectivity index (χ4n) is 2.60. The Morgan fingerprint density at radius 3 is 2.67 bits per heavy atom. The van der Waals surface area contributed by atoms with Gasteiger partial charge in [0.2, 0.25) is 0 Å². The van der Waals surface area contributed by atoms with Crippen molar-refractivity contribution < 1.29 is 0 Å². The van der Waals surface area contributed by atoms with Crippen molar-refractivity contribution in [3.05, 3.63) is 28.7 Å². The standard InChI is InChI=1S/C13H15ClN4/c14-11-4-9(8-2-1-3-8)5-12-16-13(17-18(11)12)10-6-15-7-10/h4-5,8,10,15H,1-3,6-7H2. The van der Waals surface area contributed by atoms with Crippen molar-refractivity contribution in [3.8, 4) is 0 Å². The molecule has 2 fully saturated rings. The third-order valence-corrected chi connectivity index (χ3v) is 4.42. The summed E-state index contributed by atoms with van der Waals surface area (Å²) in [4.78, 5) is 4.62. The summed E-state index contributed by atoms with van der Waals surface area (Å²) < 4.78 is 1.76. The predicted octanol–water partition coefficient (Wildman–Crippen LogP) is 2.34. The molecule has 0 spiro atoms. The molecule has 1 saturated carbocycles. The number of fused-ring (bicyclic) bond motifs is 1. The van der Waals surface area contributed by atoms with Gasteiger partial charge in [-0.25, -0.2) is 9.50 Å². The van der Waals surface area contributed by atoms with E-state index in [4.69, 9.17) is 11.6 Å². The molecule has 2 aliphatic rings. The molecule has 4 nitrogen and oxygen atoms in total. The van der Waals surface area contributed by atoms with Crippen LogP contribution in [0.3, 0.4) is 0 Å². The van der Waals surface area contributed by atoms with Crippen molar-refractivity contribution in [1.29, 1.82) is 0 Å². The molecule has 1 aliphatic carbocycles. The van der Waals surface area contributed by atoms with Crippen molar-refractivity contribution in [2.75, 3.05) is 13.1 Å². The molecule has 94 valence electrons.